The first-order chi connectivity index (χ1) is 9.79. The molecule has 8 heteroatoms. The monoisotopic (exact) mass is 292 g/mol. The Kier molecular flexibility index (Phi) is 9.98. The zero-order valence-corrected chi connectivity index (χ0v) is 11.3. The summed E-state index contributed by atoms with van der Waals surface area (Å²) in [6.07, 6.45) is 0. The molecule has 0 unspecified atom stereocenters. The molecule has 0 aromatic rings. The van der Waals surface area contributed by atoms with E-state index in [1.165, 1.54) is 0 Å². The molecule has 1 fully saturated rings. The maximum atomic E-state index is 11.2. The van der Waals surface area contributed by atoms with Crippen LogP contribution in [-0.2, 0) is 38.0 Å². The van der Waals surface area contributed by atoms with Crippen LogP contribution >= 0.6 is 0 Å². The highest BCUT2D eigenvalue weighted by atomic mass is 16.6. The van der Waals surface area contributed by atoms with Crippen molar-refractivity contribution in [1.82, 2.24) is 0 Å². The number of rotatable bonds is 0. The van der Waals surface area contributed by atoms with Crippen molar-refractivity contribution in [2.75, 3.05) is 66.1 Å². The number of hydrogen-bond donors (Lipinski definition) is 0. The van der Waals surface area contributed by atoms with Crippen LogP contribution in [0.25, 0.3) is 0 Å². The molecular formula is C12H20O8. The number of carbonyl (C=O) groups excluding carboxylic acids is 2. The molecule has 0 spiro atoms. The first-order valence-corrected chi connectivity index (χ1v) is 6.41. The molecule has 1 saturated heterocycles. The van der Waals surface area contributed by atoms with Gasteiger partial charge in [0, 0.05) is 0 Å². The van der Waals surface area contributed by atoms with E-state index in [1.54, 1.807) is 0 Å². The second-order valence-electron chi connectivity index (χ2n) is 3.79. The minimum atomic E-state index is -0.751. The number of hydrogen-bond acceptors (Lipinski definition) is 8. The fourth-order valence-electron chi connectivity index (χ4n) is 1.27. The van der Waals surface area contributed by atoms with Gasteiger partial charge < -0.3 is 28.4 Å². The predicted octanol–water partition coefficient (Wildman–Crippen LogP) is -0.847. The molecule has 20 heavy (non-hydrogen) atoms. The molecule has 0 bridgehead atoms. The van der Waals surface area contributed by atoms with Gasteiger partial charge in [-0.1, -0.05) is 0 Å². The summed E-state index contributed by atoms with van der Waals surface area (Å²) in [5.41, 5.74) is 0. The molecule has 1 rings (SSSR count). The Morgan fingerprint density at radius 3 is 1.15 bits per heavy atom. The number of cyclic esters (lactones) is 2. The van der Waals surface area contributed by atoms with Gasteiger partial charge in [-0.25, -0.2) is 9.59 Å². The van der Waals surface area contributed by atoms with Crippen molar-refractivity contribution >= 4 is 11.9 Å². The van der Waals surface area contributed by atoms with Gasteiger partial charge in [-0.2, -0.15) is 0 Å². The zero-order valence-electron chi connectivity index (χ0n) is 11.3. The van der Waals surface area contributed by atoms with Crippen LogP contribution in [-0.4, -0.2) is 78.0 Å². The lowest BCUT2D eigenvalue weighted by molar-refractivity contribution is -0.166. The third kappa shape index (κ3) is 9.82. The minimum Gasteiger partial charge on any atom is -0.390 e. The Morgan fingerprint density at radius 1 is 0.500 bits per heavy atom. The smallest absolute Gasteiger partial charge is 0.339 e. The highest BCUT2D eigenvalue weighted by Crippen LogP contribution is 1.88. The standard InChI is InChI=1S/C12H20O8/c13-11-9-18-7-5-16-3-1-15-2-4-17-6-8-19-10-12(14)20-11/h1-10H2. The summed E-state index contributed by atoms with van der Waals surface area (Å²) in [6, 6.07) is 0. The summed E-state index contributed by atoms with van der Waals surface area (Å²) in [4.78, 5) is 22.4. The number of ether oxygens (including phenoxy) is 6. The number of esters is 2. The van der Waals surface area contributed by atoms with Gasteiger partial charge in [0.1, 0.15) is 13.2 Å². The van der Waals surface area contributed by atoms with Gasteiger partial charge in [-0.3, -0.25) is 0 Å². The maximum absolute atomic E-state index is 11.2. The van der Waals surface area contributed by atoms with Gasteiger partial charge in [0.2, 0.25) is 0 Å². The second-order valence-corrected chi connectivity index (χ2v) is 3.79. The molecule has 0 atom stereocenters. The van der Waals surface area contributed by atoms with Crippen LogP contribution in [0.4, 0.5) is 0 Å². The van der Waals surface area contributed by atoms with Crippen LogP contribution < -0.4 is 0 Å². The van der Waals surface area contributed by atoms with Crippen molar-refractivity contribution in [3.8, 4) is 0 Å². The normalized spacial score (nSPS) is 22.6. The maximum Gasteiger partial charge on any atom is 0.339 e. The molecule has 0 radical (unpaired) electrons. The highest BCUT2D eigenvalue weighted by Gasteiger charge is 2.10. The topological polar surface area (TPSA) is 89.5 Å². The van der Waals surface area contributed by atoms with Gasteiger partial charge in [-0.15, -0.1) is 0 Å². The molecule has 0 aliphatic carbocycles. The van der Waals surface area contributed by atoms with Crippen LogP contribution in [0.3, 0.4) is 0 Å². The van der Waals surface area contributed by atoms with Crippen LogP contribution in [0.1, 0.15) is 0 Å². The summed E-state index contributed by atoms with van der Waals surface area (Å²) < 4.78 is 30.1. The van der Waals surface area contributed by atoms with E-state index in [1.807, 2.05) is 0 Å². The van der Waals surface area contributed by atoms with Crippen molar-refractivity contribution in [1.29, 1.82) is 0 Å². The average molecular weight is 292 g/mol. The quantitative estimate of drug-likeness (QED) is 0.421. The first-order valence-electron chi connectivity index (χ1n) is 6.41. The molecule has 1 heterocycles. The molecule has 1 aliphatic rings. The molecule has 0 aromatic carbocycles. The van der Waals surface area contributed by atoms with Gasteiger partial charge in [0.05, 0.1) is 52.9 Å². The molecule has 8 nitrogen and oxygen atoms in total. The average Bonchev–Trinajstić information content (AvgIpc) is 2.42. The van der Waals surface area contributed by atoms with E-state index in [-0.39, 0.29) is 26.4 Å². The largest absolute Gasteiger partial charge is 0.390 e. The molecule has 0 aromatic heterocycles. The van der Waals surface area contributed by atoms with Crippen molar-refractivity contribution in [2.24, 2.45) is 0 Å². The lowest BCUT2D eigenvalue weighted by Gasteiger charge is -2.09. The van der Waals surface area contributed by atoms with Crippen LogP contribution in [0.5, 0.6) is 0 Å². The molecular weight excluding hydrogens is 272 g/mol. The van der Waals surface area contributed by atoms with Gasteiger partial charge in [0.25, 0.3) is 0 Å². The van der Waals surface area contributed by atoms with E-state index in [4.69, 9.17) is 23.7 Å². The first kappa shape index (κ1) is 17.0. The molecule has 0 amide bonds. The third-order valence-corrected chi connectivity index (χ3v) is 2.16. The Balaban J connectivity index is 2.21. The predicted molar refractivity (Wildman–Crippen MR) is 65.2 cm³/mol. The van der Waals surface area contributed by atoms with Crippen molar-refractivity contribution in [3.63, 3.8) is 0 Å². The van der Waals surface area contributed by atoms with Crippen LogP contribution in [0.15, 0.2) is 0 Å². The summed E-state index contributed by atoms with van der Waals surface area (Å²) in [5.74, 6) is -1.50. The van der Waals surface area contributed by atoms with Crippen molar-refractivity contribution < 1.29 is 38.0 Å². The summed E-state index contributed by atoms with van der Waals surface area (Å²) >= 11 is 0. The zero-order chi connectivity index (χ0) is 14.5. The second kappa shape index (κ2) is 11.7. The minimum absolute atomic E-state index is 0.239. The van der Waals surface area contributed by atoms with E-state index in [0.717, 1.165) is 0 Å². The highest BCUT2D eigenvalue weighted by molar-refractivity contribution is 5.86. The fourth-order valence-corrected chi connectivity index (χ4v) is 1.27. The van der Waals surface area contributed by atoms with Crippen molar-refractivity contribution in [2.45, 2.75) is 0 Å². The summed E-state index contributed by atoms with van der Waals surface area (Å²) in [5, 5.41) is 0. The SMILES string of the molecule is O=C1COCCOCCOCCOCCOCC(=O)O1. The summed E-state index contributed by atoms with van der Waals surface area (Å²) in [7, 11) is 0. The van der Waals surface area contributed by atoms with E-state index in [9.17, 15) is 9.59 Å². The number of carbonyl (C=O) groups is 2. The molecule has 116 valence electrons. The van der Waals surface area contributed by atoms with E-state index < -0.39 is 11.9 Å². The molecule has 0 N–H and O–H groups in total. The van der Waals surface area contributed by atoms with Gasteiger partial charge in [-0.05, 0) is 0 Å². The van der Waals surface area contributed by atoms with Gasteiger partial charge >= 0.3 is 11.9 Å². The Labute approximate surface area is 117 Å². The Hall–Kier alpha value is -1.06. The van der Waals surface area contributed by atoms with Crippen LogP contribution in [0, 0.1) is 0 Å². The van der Waals surface area contributed by atoms with E-state index in [2.05, 4.69) is 4.74 Å². The van der Waals surface area contributed by atoms with Crippen LogP contribution in [0.2, 0.25) is 0 Å². The lowest BCUT2D eigenvalue weighted by Crippen LogP contribution is -2.23. The fraction of sp³-hybridized carbons (Fsp3) is 0.833. The van der Waals surface area contributed by atoms with E-state index >= 15 is 0 Å². The summed E-state index contributed by atoms with van der Waals surface area (Å²) in [6.45, 7) is 2.38. The third-order valence-electron chi connectivity index (χ3n) is 2.16. The Morgan fingerprint density at radius 2 is 0.800 bits per heavy atom. The Bertz CT molecular complexity index is 255. The van der Waals surface area contributed by atoms with E-state index in [0.29, 0.717) is 39.6 Å². The lowest BCUT2D eigenvalue weighted by atomic mass is 10.6. The molecule has 0 saturated carbocycles. The molecule has 1 aliphatic heterocycles. The van der Waals surface area contributed by atoms with Gasteiger partial charge in [0.15, 0.2) is 0 Å². The van der Waals surface area contributed by atoms with Crippen molar-refractivity contribution in [3.05, 3.63) is 0 Å².